The molecule has 0 aromatic carbocycles. The summed E-state index contributed by atoms with van der Waals surface area (Å²) in [7, 11) is 0. The van der Waals surface area contributed by atoms with Gasteiger partial charge in [-0.15, -0.1) is 0 Å². The zero-order valence-corrected chi connectivity index (χ0v) is 14.5. The fourth-order valence-electron chi connectivity index (χ4n) is 1.94. The predicted molar refractivity (Wildman–Crippen MR) is 86.6 cm³/mol. The molecule has 0 spiro atoms. The number of hydrogen-bond donors (Lipinski definition) is 4. The number of amides is 2. The summed E-state index contributed by atoms with van der Waals surface area (Å²) in [4.78, 5) is 35.2. The molecule has 0 aromatic rings. The van der Waals surface area contributed by atoms with Gasteiger partial charge in [-0.25, -0.2) is 0 Å². The van der Waals surface area contributed by atoms with Crippen molar-refractivity contribution in [3.05, 3.63) is 0 Å². The largest absolute Gasteiger partial charge is 0.396 e. The van der Waals surface area contributed by atoms with Gasteiger partial charge in [0.05, 0.1) is 6.61 Å². The number of aliphatic hydroxyl groups excluding tert-OH is 2. The topological polar surface area (TPSA) is 116 Å². The van der Waals surface area contributed by atoms with Crippen LogP contribution in [0.15, 0.2) is 0 Å². The third kappa shape index (κ3) is 7.56. The van der Waals surface area contributed by atoms with Gasteiger partial charge in [0.1, 0.15) is 6.10 Å². The van der Waals surface area contributed by atoms with Crippen molar-refractivity contribution in [1.82, 2.24) is 10.6 Å². The lowest BCUT2D eigenvalue weighted by molar-refractivity contribution is -0.139. The van der Waals surface area contributed by atoms with Crippen molar-refractivity contribution in [2.75, 3.05) is 13.2 Å². The number of rotatable bonds is 11. The molecule has 7 heteroatoms. The van der Waals surface area contributed by atoms with E-state index < -0.39 is 29.1 Å². The molecule has 0 saturated carbocycles. The lowest BCUT2D eigenvalue weighted by atomic mass is 9.87. The van der Waals surface area contributed by atoms with E-state index in [9.17, 15) is 19.5 Å². The van der Waals surface area contributed by atoms with E-state index in [1.165, 1.54) is 0 Å². The fraction of sp³-hybridized carbons (Fsp3) is 0.812. The van der Waals surface area contributed by atoms with Crippen molar-refractivity contribution < 1.29 is 24.6 Å². The summed E-state index contributed by atoms with van der Waals surface area (Å²) < 4.78 is 0. The summed E-state index contributed by atoms with van der Waals surface area (Å²) in [5, 5.41) is 24.0. The molecule has 2 atom stereocenters. The molecule has 0 heterocycles. The summed E-state index contributed by atoms with van der Waals surface area (Å²) in [6.07, 6.45) is 0.972. The van der Waals surface area contributed by atoms with Crippen molar-refractivity contribution in [2.24, 2.45) is 5.41 Å². The SMILES string of the molecule is CCCC(CC)NC(=O)C(=O)CCNC(=O)C(O)C(C)(C)CO. The highest BCUT2D eigenvalue weighted by atomic mass is 16.3. The van der Waals surface area contributed by atoms with Crippen molar-refractivity contribution >= 4 is 17.6 Å². The minimum Gasteiger partial charge on any atom is -0.396 e. The predicted octanol–water partition coefficient (Wildman–Crippen LogP) is 0.136. The molecule has 23 heavy (non-hydrogen) atoms. The molecule has 4 N–H and O–H groups in total. The first-order valence-corrected chi connectivity index (χ1v) is 8.09. The summed E-state index contributed by atoms with van der Waals surface area (Å²) in [5.41, 5.74) is -0.972. The summed E-state index contributed by atoms with van der Waals surface area (Å²) in [6.45, 7) is 6.66. The van der Waals surface area contributed by atoms with Crippen LogP contribution in [0, 0.1) is 5.41 Å². The summed E-state index contributed by atoms with van der Waals surface area (Å²) in [6, 6.07) is -0.0155. The highest BCUT2D eigenvalue weighted by molar-refractivity contribution is 6.36. The van der Waals surface area contributed by atoms with Crippen LogP contribution in [0.2, 0.25) is 0 Å². The quantitative estimate of drug-likeness (QED) is 0.402. The second kappa shape index (κ2) is 10.3. The Hall–Kier alpha value is -1.47. The molecule has 2 unspecified atom stereocenters. The smallest absolute Gasteiger partial charge is 0.287 e. The van der Waals surface area contributed by atoms with Crippen LogP contribution in [0.1, 0.15) is 53.4 Å². The van der Waals surface area contributed by atoms with Crippen LogP contribution < -0.4 is 10.6 Å². The van der Waals surface area contributed by atoms with Crippen molar-refractivity contribution in [3.8, 4) is 0 Å². The molecule has 0 aliphatic carbocycles. The average Bonchev–Trinajstić information content (AvgIpc) is 2.52. The van der Waals surface area contributed by atoms with Gasteiger partial charge in [-0.1, -0.05) is 34.1 Å². The van der Waals surface area contributed by atoms with E-state index >= 15 is 0 Å². The van der Waals surface area contributed by atoms with Crippen LogP contribution >= 0.6 is 0 Å². The summed E-state index contributed by atoms with van der Waals surface area (Å²) in [5.74, 6) is -1.92. The fourth-order valence-corrected chi connectivity index (χ4v) is 1.94. The Morgan fingerprint density at radius 1 is 1.17 bits per heavy atom. The van der Waals surface area contributed by atoms with Crippen LogP contribution in [0.3, 0.4) is 0 Å². The number of Topliss-reactive ketones (excluding diaryl/α,β-unsaturated/α-hetero) is 1. The molecule has 0 aromatic heterocycles. The monoisotopic (exact) mass is 330 g/mol. The van der Waals surface area contributed by atoms with Gasteiger partial charge in [-0.2, -0.15) is 0 Å². The lowest BCUT2D eigenvalue weighted by Crippen LogP contribution is -2.46. The van der Waals surface area contributed by atoms with Crippen LogP contribution in [-0.4, -0.2) is 53.1 Å². The molecule has 134 valence electrons. The third-order valence-corrected chi connectivity index (χ3v) is 3.77. The number of ketones is 1. The standard InChI is InChI=1S/C16H30N2O5/c1-5-7-11(6-2)18-14(22)12(20)8-9-17-15(23)13(21)16(3,4)10-19/h11,13,19,21H,5-10H2,1-4H3,(H,17,23)(H,18,22). The third-order valence-electron chi connectivity index (χ3n) is 3.77. The van der Waals surface area contributed by atoms with Crippen molar-refractivity contribution in [2.45, 2.75) is 65.5 Å². The number of aliphatic hydroxyl groups is 2. The zero-order valence-electron chi connectivity index (χ0n) is 14.5. The normalized spacial score (nSPS) is 14.0. The molecule has 2 amide bonds. The molecular formula is C16H30N2O5. The first-order valence-electron chi connectivity index (χ1n) is 8.09. The van der Waals surface area contributed by atoms with E-state index in [4.69, 9.17) is 5.11 Å². The Kier molecular flexibility index (Phi) is 9.67. The zero-order chi connectivity index (χ0) is 18.0. The van der Waals surface area contributed by atoms with Gasteiger partial charge >= 0.3 is 0 Å². The van der Waals surface area contributed by atoms with Gasteiger partial charge < -0.3 is 20.8 Å². The van der Waals surface area contributed by atoms with Crippen LogP contribution in [0.25, 0.3) is 0 Å². The van der Waals surface area contributed by atoms with Gasteiger partial charge in [0, 0.05) is 24.4 Å². The minimum atomic E-state index is -1.38. The minimum absolute atomic E-state index is 0.0155. The van der Waals surface area contributed by atoms with Gasteiger partial charge in [0.15, 0.2) is 0 Å². The maximum Gasteiger partial charge on any atom is 0.287 e. The molecule has 0 fully saturated rings. The van der Waals surface area contributed by atoms with Gasteiger partial charge in [0.2, 0.25) is 11.7 Å². The van der Waals surface area contributed by atoms with E-state index in [0.717, 1.165) is 19.3 Å². The Bertz CT molecular complexity index is 409. The molecule has 0 bridgehead atoms. The Morgan fingerprint density at radius 3 is 2.26 bits per heavy atom. The molecule has 0 radical (unpaired) electrons. The highest BCUT2D eigenvalue weighted by Gasteiger charge is 2.32. The van der Waals surface area contributed by atoms with Crippen LogP contribution in [0.4, 0.5) is 0 Å². The first kappa shape index (κ1) is 21.5. The van der Waals surface area contributed by atoms with Gasteiger partial charge in [0.25, 0.3) is 5.91 Å². The molecule has 0 aliphatic heterocycles. The number of carbonyl (C=O) groups excluding carboxylic acids is 3. The number of carbonyl (C=O) groups is 3. The second-order valence-corrected chi connectivity index (χ2v) is 6.38. The van der Waals surface area contributed by atoms with E-state index in [0.29, 0.717) is 0 Å². The maximum absolute atomic E-state index is 11.7. The molecule has 0 saturated heterocycles. The molecule has 0 aliphatic rings. The van der Waals surface area contributed by atoms with Crippen molar-refractivity contribution in [1.29, 1.82) is 0 Å². The number of hydrogen-bond acceptors (Lipinski definition) is 5. The first-order chi connectivity index (χ1) is 10.7. The molecule has 7 nitrogen and oxygen atoms in total. The molecule has 0 rings (SSSR count). The van der Waals surface area contributed by atoms with Crippen LogP contribution in [-0.2, 0) is 14.4 Å². The highest BCUT2D eigenvalue weighted by Crippen LogP contribution is 2.19. The Labute approximate surface area is 137 Å². The van der Waals surface area contributed by atoms with Gasteiger partial charge in [-0.3, -0.25) is 14.4 Å². The van der Waals surface area contributed by atoms with Gasteiger partial charge in [-0.05, 0) is 12.8 Å². The van der Waals surface area contributed by atoms with E-state index in [-0.39, 0.29) is 25.6 Å². The Balaban J connectivity index is 4.24. The average molecular weight is 330 g/mol. The maximum atomic E-state index is 11.7. The van der Waals surface area contributed by atoms with E-state index in [1.807, 2.05) is 13.8 Å². The van der Waals surface area contributed by atoms with Crippen molar-refractivity contribution in [3.63, 3.8) is 0 Å². The Morgan fingerprint density at radius 2 is 1.78 bits per heavy atom. The summed E-state index contributed by atoms with van der Waals surface area (Å²) >= 11 is 0. The second-order valence-electron chi connectivity index (χ2n) is 6.38. The van der Waals surface area contributed by atoms with Crippen LogP contribution in [0.5, 0.6) is 0 Å². The van der Waals surface area contributed by atoms with E-state index in [1.54, 1.807) is 13.8 Å². The van der Waals surface area contributed by atoms with E-state index in [2.05, 4.69) is 10.6 Å². The number of nitrogens with one attached hydrogen (secondary N) is 2. The lowest BCUT2D eigenvalue weighted by Gasteiger charge is -2.27. The molecular weight excluding hydrogens is 300 g/mol.